The molecule has 2 heterocycles. The first-order valence-corrected chi connectivity index (χ1v) is 7.63. The van der Waals surface area contributed by atoms with Crippen LogP contribution in [-0.2, 0) is 6.42 Å². The first kappa shape index (κ1) is 13.8. The zero-order valence-corrected chi connectivity index (χ0v) is 12.4. The molecule has 1 aliphatic heterocycles. The van der Waals surface area contributed by atoms with Gasteiger partial charge in [-0.25, -0.2) is 9.37 Å². The lowest BCUT2D eigenvalue weighted by Gasteiger charge is -2.31. The number of hydrogen-bond acceptors (Lipinski definition) is 2. The van der Waals surface area contributed by atoms with Crippen molar-refractivity contribution < 1.29 is 4.39 Å². The third kappa shape index (κ3) is 2.54. The molecule has 1 aliphatic rings. The predicted octanol–water partition coefficient (Wildman–Crippen LogP) is 3.22. The summed E-state index contributed by atoms with van der Waals surface area (Å²) < 4.78 is 15.7. The lowest BCUT2D eigenvalue weighted by molar-refractivity contribution is 0.221. The van der Waals surface area contributed by atoms with Crippen LogP contribution in [0.4, 0.5) is 4.39 Å². The Morgan fingerprint density at radius 1 is 1.35 bits per heavy atom. The van der Waals surface area contributed by atoms with Gasteiger partial charge in [-0.05, 0) is 45.1 Å². The van der Waals surface area contributed by atoms with E-state index in [0.29, 0.717) is 11.9 Å². The summed E-state index contributed by atoms with van der Waals surface area (Å²) in [5.41, 5.74) is 1.77. The Balaban J connectivity index is 2.04. The van der Waals surface area contributed by atoms with Crippen LogP contribution in [0.3, 0.4) is 0 Å². The summed E-state index contributed by atoms with van der Waals surface area (Å²) in [4.78, 5) is 6.93. The SMILES string of the molecule is CN1CCC(n2c(CCCl)nc3cc(F)ccc32)CC1. The van der Waals surface area contributed by atoms with E-state index < -0.39 is 0 Å². The number of likely N-dealkylation sites (tertiary alicyclic amines) is 1. The van der Waals surface area contributed by atoms with Gasteiger partial charge in [0.2, 0.25) is 0 Å². The van der Waals surface area contributed by atoms with E-state index in [4.69, 9.17) is 11.6 Å². The van der Waals surface area contributed by atoms with Crippen molar-refractivity contribution in [3.05, 3.63) is 29.8 Å². The summed E-state index contributed by atoms with van der Waals surface area (Å²) in [6.45, 7) is 2.18. The Kier molecular flexibility index (Phi) is 3.94. The summed E-state index contributed by atoms with van der Waals surface area (Å²) in [6.07, 6.45) is 2.94. The summed E-state index contributed by atoms with van der Waals surface area (Å²) in [5.74, 6) is 1.29. The molecular formula is C15H19ClFN3. The van der Waals surface area contributed by atoms with E-state index in [1.165, 1.54) is 12.1 Å². The summed E-state index contributed by atoms with van der Waals surface area (Å²) in [7, 11) is 2.15. The largest absolute Gasteiger partial charge is 0.325 e. The number of fused-ring (bicyclic) bond motifs is 1. The molecule has 0 N–H and O–H groups in total. The van der Waals surface area contributed by atoms with Crippen LogP contribution in [0.15, 0.2) is 18.2 Å². The number of benzene rings is 1. The van der Waals surface area contributed by atoms with Crippen LogP contribution in [0.2, 0.25) is 0 Å². The fourth-order valence-corrected chi connectivity index (χ4v) is 3.21. The molecule has 1 fully saturated rings. The molecule has 1 aromatic heterocycles. The highest BCUT2D eigenvalue weighted by Gasteiger charge is 2.23. The Morgan fingerprint density at radius 2 is 2.10 bits per heavy atom. The second kappa shape index (κ2) is 5.70. The normalized spacial score (nSPS) is 17.9. The lowest BCUT2D eigenvalue weighted by Crippen LogP contribution is -2.32. The molecule has 0 amide bonds. The van der Waals surface area contributed by atoms with E-state index in [2.05, 4.69) is 21.5 Å². The quantitative estimate of drug-likeness (QED) is 0.811. The van der Waals surface area contributed by atoms with E-state index in [1.54, 1.807) is 0 Å². The van der Waals surface area contributed by atoms with Crippen LogP contribution < -0.4 is 0 Å². The van der Waals surface area contributed by atoms with Gasteiger partial charge >= 0.3 is 0 Å². The minimum Gasteiger partial charge on any atom is -0.325 e. The molecule has 5 heteroatoms. The number of piperidine rings is 1. The maximum absolute atomic E-state index is 13.4. The van der Waals surface area contributed by atoms with Crippen molar-refractivity contribution in [2.45, 2.75) is 25.3 Å². The zero-order chi connectivity index (χ0) is 14.1. The van der Waals surface area contributed by atoms with E-state index in [0.717, 1.165) is 49.2 Å². The molecule has 3 rings (SSSR count). The van der Waals surface area contributed by atoms with Gasteiger partial charge in [0.15, 0.2) is 0 Å². The van der Waals surface area contributed by atoms with Gasteiger partial charge < -0.3 is 9.47 Å². The number of nitrogens with zero attached hydrogens (tertiary/aromatic N) is 3. The second-order valence-corrected chi connectivity index (χ2v) is 5.88. The van der Waals surface area contributed by atoms with Crippen molar-refractivity contribution >= 4 is 22.6 Å². The van der Waals surface area contributed by atoms with Crippen LogP contribution in [-0.4, -0.2) is 40.5 Å². The number of alkyl halides is 1. The Hall–Kier alpha value is -1.13. The molecule has 1 saturated heterocycles. The first-order valence-electron chi connectivity index (χ1n) is 7.10. The van der Waals surface area contributed by atoms with E-state index in [-0.39, 0.29) is 5.82 Å². The van der Waals surface area contributed by atoms with Crippen molar-refractivity contribution in [3.8, 4) is 0 Å². The van der Waals surface area contributed by atoms with Gasteiger partial charge in [-0.2, -0.15) is 0 Å². The molecule has 0 spiro atoms. The van der Waals surface area contributed by atoms with Gasteiger partial charge in [-0.1, -0.05) is 0 Å². The molecule has 2 aromatic rings. The molecular weight excluding hydrogens is 277 g/mol. The Labute approximate surface area is 123 Å². The van der Waals surface area contributed by atoms with Crippen LogP contribution in [0, 0.1) is 5.82 Å². The van der Waals surface area contributed by atoms with Crippen molar-refractivity contribution in [1.82, 2.24) is 14.5 Å². The highest BCUT2D eigenvalue weighted by atomic mass is 35.5. The van der Waals surface area contributed by atoms with E-state index >= 15 is 0 Å². The maximum Gasteiger partial charge on any atom is 0.125 e. The van der Waals surface area contributed by atoms with Crippen molar-refractivity contribution in [2.75, 3.05) is 26.0 Å². The molecule has 0 bridgehead atoms. The van der Waals surface area contributed by atoms with Crippen LogP contribution in [0.5, 0.6) is 0 Å². The van der Waals surface area contributed by atoms with E-state index in [1.807, 2.05) is 6.07 Å². The van der Waals surface area contributed by atoms with Crippen molar-refractivity contribution in [3.63, 3.8) is 0 Å². The molecule has 20 heavy (non-hydrogen) atoms. The fourth-order valence-electron chi connectivity index (χ4n) is 3.04. The molecule has 0 atom stereocenters. The summed E-state index contributed by atoms with van der Waals surface area (Å²) >= 11 is 5.89. The van der Waals surface area contributed by atoms with Gasteiger partial charge in [0.25, 0.3) is 0 Å². The molecule has 0 radical (unpaired) electrons. The molecule has 3 nitrogen and oxygen atoms in total. The standard InChI is InChI=1S/C15H19ClFN3/c1-19-8-5-12(6-9-19)20-14-3-2-11(17)10-13(14)18-15(20)4-7-16/h2-3,10,12H,4-9H2,1H3. The van der Waals surface area contributed by atoms with Gasteiger partial charge in [0.05, 0.1) is 11.0 Å². The third-order valence-corrected chi connectivity index (χ3v) is 4.28. The fraction of sp³-hybridized carbons (Fsp3) is 0.533. The van der Waals surface area contributed by atoms with Crippen LogP contribution in [0.1, 0.15) is 24.7 Å². The Bertz CT molecular complexity index is 602. The van der Waals surface area contributed by atoms with Gasteiger partial charge in [-0.15, -0.1) is 11.6 Å². The topological polar surface area (TPSA) is 21.1 Å². The molecule has 1 aromatic carbocycles. The van der Waals surface area contributed by atoms with E-state index in [9.17, 15) is 4.39 Å². The van der Waals surface area contributed by atoms with Crippen LogP contribution in [0.25, 0.3) is 11.0 Å². The number of rotatable bonds is 3. The Morgan fingerprint density at radius 3 is 2.80 bits per heavy atom. The number of aromatic nitrogens is 2. The molecule has 108 valence electrons. The average Bonchev–Trinajstić information content (AvgIpc) is 2.77. The third-order valence-electron chi connectivity index (χ3n) is 4.10. The van der Waals surface area contributed by atoms with Gasteiger partial charge in [0, 0.05) is 24.4 Å². The smallest absolute Gasteiger partial charge is 0.125 e. The minimum atomic E-state index is -0.233. The maximum atomic E-state index is 13.4. The highest BCUT2D eigenvalue weighted by molar-refractivity contribution is 6.17. The number of halogens is 2. The summed E-state index contributed by atoms with van der Waals surface area (Å²) in [6, 6.07) is 5.31. The molecule has 0 saturated carbocycles. The van der Waals surface area contributed by atoms with Gasteiger partial charge in [0.1, 0.15) is 11.6 Å². The highest BCUT2D eigenvalue weighted by Crippen LogP contribution is 2.29. The van der Waals surface area contributed by atoms with Gasteiger partial charge in [-0.3, -0.25) is 0 Å². The first-order chi connectivity index (χ1) is 9.69. The number of imidazole rings is 1. The lowest BCUT2D eigenvalue weighted by atomic mass is 10.0. The second-order valence-electron chi connectivity index (χ2n) is 5.50. The average molecular weight is 296 g/mol. The summed E-state index contributed by atoms with van der Waals surface area (Å²) in [5, 5.41) is 0. The zero-order valence-electron chi connectivity index (χ0n) is 11.6. The molecule has 0 unspecified atom stereocenters. The van der Waals surface area contributed by atoms with Crippen molar-refractivity contribution in [2.24, 2.45) is 0 Å². The molecule has 0 aliphatic carbocycles. The van der Waals surface area contributed by atoms with Crippen molar-refractivity contribution in [1.29, 1.82) is 0 Å². The monoisotopic (exact) mass is 295 g/mol. The number of aryl methyl sites for hydroxylation is 1. The predicted molar refractivity (Wildman–Crippen MR) is 79.9 cm³/mol. The number of hydrogen-bond donors (Lipinski definition) is 0. The minimum absolute atomic E-state index is 0.233. The van der Waals surface area contributed by atoms with Crippen LogP contribution >= 0.6 is 11.6 Å².